The molecule has 1 N–H and O–H groups in total. The summed E-state index contributed by atoms with van der Waals surface area (Å²) in [6, 6.07) is 9.17. The predicted molar refractivity (Wildman–Crippen MR) is 72.3 cm³/mol. The number of hydrogen-bond donors (Lipinski definition) is 1. The van der Waals surface area contributed by atoms with Crippen LogP contribution in [0.4, 0.5) is 0 Å². The van der Waals surface area contributed by atoms with Gasteiger partial charge in [-0.3, -0.25) is 0 Å². The van der Waals surface area contributed by atoms with E-state index in [0.29, 0.717) is 0 Å². The third-order valence-corrected chi connectivity index (χ3v) is 3.44. The van der Waals surface area contributed by atoms with Crippen LogP contribution in [0.3, 0.4) is 0 Å². The zero-order valence-electron chi connectivity index (χ0n) is 10.0. The van der Waals surface area contributed by atoms with Crippen molar-refractivity contribution in [3.8, 4) is 0 Å². The van der Waals surface area contributed by atoms with Crippen LogP contribution >= 0.6 is 12.4 Å². The summed E-state index contributed by atoms with van der Waals surface area (Å²) >= 11 is 0. The topological polar surface area (TPSA) is 12.0 Å². The summed E-state index contributed by atoms with van der Waals surface area (Å²) in [5, 5.41) is 3.18. The molecular weight excluding hydrogens is 218 g/mol. The molecule has 0 aromatic heterocycles. The minimum atomic E-state index is 0. The third-order valence-electron chi connectivity index (χ3n) is 3.44. The van der Waals surface area contributed by atoms with Crippen molar-refractivity contribution in [1.29, 1.82) is 0 Å². The van der Waals surface area contributed by atoms with E-state index in [1.165, 1.54) is 37.7 Å². The highest BCUT2D eigenvalue weighted by molar-refractivity contribution is 5.85. The van der Waals surface area contributed by atoms with Crippen molar-refractivity contribution in [2.45, 2.75) is 44.6 Å². The molecule has 0 spiro atoms. The van der Waals surface area contributed by atoms with E-state index in [4.69, 9.17) is 0 Å². The molecule has 0 atom stereocenters. The molecule has 1 aliphatic rings. The Bertz CT molecular complexity index is 288. The Hall–Kier alpha value is -0.530. The van der Waals surface area contributed by atoms with Crippen molar-refractivity contribution in [3.63, 3.8) is 0 Å². The molecule has 1 aromatic carbocycles. The molecule has 1 fully saturated rings. The van der Waals surface area contributed by atoms with Gasteiger partial charge in [-0.15, -0.1) is 12.4 Å². The molecule has 0 saturated heterocycles. The van der Waals surface area contributed by atoms with E-state index in [2.05, 4.69) is 29.6 Å². The zero-order chi connectivity index (χ0) is 10.5. The lowest BCUT2D eigenvalue weighted by molar-refractivity contribution is 0.443. The molecule has 0 heterocycles. The van der Waals surface area contributed by atoms with Crippen LogP contribution in [0.1, 0.15) is 49.1 Å². The van der Waals surface area contributed by atoms with Crippen LogP contribution in [-0.2, 0) is 6.54 Å². The van der Waals surface area contributed by atoms with Crippen molar-refractivity contribution in [2.75, 3.05) is 7.05 Å². The summed E-state index contributed by atoms with van der Waals surface area (Å²) in [6.45, 7) is 0.977. The Morgan fingerprint density at radius 1 is 1.06 bits per heavy atom. The Morgan fingerprint density at radius 3 is 2.25 bits per heavy atom. The Balaban J connectivity index is 0.00000128. The van der Waals surface area contributed by atoms with E-state index in [1.807, 2.05) is 7.05 Å². The Labute approximate surface area is 105 Å². The van der Waals surface area contributed by atoms with Crippen LogP contribution in [0.5, 0.6) is 0 Å². The largest absolute Gasteiger partial charge is 0.316 e. The highest BCUT2D eigenvalue weighted by Gasteiger charge is 2.14. The van der Waals surface area contributed by atoms with Gasteiger partial charge in [0.2, 0.25) is 0 Å². The molecule has 0 radical (unpaired) electrons. The lowest BCUT2D eigenvalue weighted by Gasteiger charge is -2.22. The highest BCUT2D eigenvalue weighted by Crippen LogP contribution is 2.32. The summed E-state index contributed by atoms with van der Waals surface area (Å²) in [4.78, 5) is 0. The first-order chi connectivity index (χ1) is 7.40. The minimum absolute atomic E-state index is 0. The fourth-order valence-electron chi connectivity index (χ4n) is 2.55. The van der Waals surface area contributed by atoms with Crippen molar-refractivity contribution >= 4 is 12.4 Å². The van der Waals surface area contributed by atoms with Gasteiger partial charge in [-0.05, 0) is 36.9 Å². The van der Waals surface area contributed by atoms with E-state index in [-0.39, 0.29) is 12.4 Å². The molecule has 1 nitrogen and oxygen atoms in total. The third kappa shape index (κ3) is 3.50. The van der Waals surface area contributed by atoms with Crippen molar-refractivity contribution < 1.29 is 0 Å². The summed E-state index contributed by atoms with van der Waals surface area (Å²) in [7, 11) is 2.00. The van der Waals surface area contributed by atoms with Gasteiger partial charge in [0.05, 0.1) is 0 Å². The van der Waals surface area contributed by atoms with Crippen molar-refractivity contribution in [1.82, 2.24) is 5.32 Å². The molecule has 0 bridgehead atoms. The van der Waals surface area contributed by atoms with Crippen molar-refractivity contribution in [3.05, 3.63) is 35.4 Å². The van der Waals surface area contributed by atoms with Gasteiger partial charge in [-0.25, -0.2) is 0 Å². The smallest absolute Gasteiger partial charge is 0.0202 e. The van der Waals surface area contributed by atoms with Crippen molar-refractivity contribution in [2.24, 2.45) is 0 Å². The maximum Gasteiger partial charge on any atom is 0.0202 e. The molecule has 90 valence electrons. The molecule has 0 unspecified atom stereocenters. The first-order valence-corrected chi connectivity index (χ1v) is 6.13. The first kappa shape index (κ1) is 13.5. The lowest BCUT2D eigenvalue weighted by Crippen LogP contribution is -2.06. The van der Waals surface area contributed by atoms with Crippen LogP contribution in [0.2, 0.25) is 0 Å². The maximum absolute atomic E-state index is 3.18. The van der Waals surface area contributed by atoms with Gasteiger partial charge in [-0.2, -0.15) is 0 Å². The monoisotopic (exact) mass is 239 g/mol. The second-order valence-electron chi connectivity index (χ2n) is 4.61. The SMILES string of the molecule is CNCc1ccc(C2CCCCC2)cc1.Cl. The fourth-order valence-corrected chi connectivity index (χ4v) is 2.55. The Morgan fingerprint density at radius 2 is 1.69 bits per heavy atom. The van der Waals surface area contributed by atoms with Crippen LogP contribution in [-0.4, -0.2) is 7.05 Å². The zero-order valence-corrected chi connectivity index (χ0v) is 10.9. The highest BCUT2D eigenvalue weighted by atomic mass is 35.5. The normalized spacial score (nSPS) is 16.8. The minimum Gasteiger partial charge on any atom is -0.316 e. The van der Waals surface area contributed by atoms with Crippen LogP contribution in [0, 0.1) is 0 Å². The number of nitrogens with one attached hydrogen (secondary N) is 1. The van der Waals surface area contributed by atoms with Crippen LogP contribution < -0.4 is 5.32 Å². The first-order valence-electron chi connectivity index (χ1n) is 6.13. The number of hydrogen-bond acceptors (Lipinski definition) is 1. The van der Waals surface area contributed by atoms with Gasteiger partial charge in [0.1, 0.15) is 0 Å². The van der Waals surface area contributed by atoms with E-state index >= 15 is 0 Å². The number of benzene rings is 1. The number of halogens is 1. The molecule has 1 aliphatic carbocycles. The quantitative estimate of drug-likeness (QED) is 0.844. The van der Waals surface area contributed by atoms with E-state index in [9.17, 15) is 0 Å². The molecular formula is C14H22ClN. The number of rotatable bonds is 3. The van der Waals surface area contributed by atoms with E-state index in [0.717, 1.165) is 12.5 Å². The molecule has 16 heavy (non-hydrogen) atoms. The molecule has 1 saturated carbocycles. The van der Waals surface area contributed by atoms with Gasteiger partial charge >= 0.3 is 0 Å². The van der Waals surface area contributed by atoms with Gasteiger partial charge in [-0.1, -0.05) is 43.5 Å². The average molecular weight is 240 g/mol. The van der Waals surface area contributed by atoms with Crippen LogP contribution in [0.25, 0.3) is 0 Å². The lowest BCUT2D eigenvalue weighted by atomic mass is 9.84. The summed E-state index contributed by atoms with van der Waals surface area (Å²) in [5.74, 6) is 0.836. The summed E-state index contributed by atoms with van der Waals surface area (Å²) < 4.78 is 0. The maximum atomic E-state index is 3.18. The predicted octanol–water partition coefficient (Wildman–Crippen LogP) is 3.88. The average Bonchev–Trinajstić information content (AvgIpc) is 2.32. The van der Waals surface area contributed by atoms with Crippen LogP contribution in [0.15, 0.2) is 24.3 Å². The molecule has 0 amide bonds. The molecule has 2 heteroatoms. The van der Waals surface area contributed by atoms with E-state index < -0.39 is 0 Å². The molecule has 2 rings (SSSR count). The standard InChI is InChI=1S/C14H21N.ClH/c1-15-11-12-7-9-14(10-8-12)13-5-3-2-4-6-13;/h7-10,13,15H,2-6,11H2,1H3;1H. The summed E-state index contributed by atoms with van der Waals surface area (Å²) in [6.07, 6.45) is 7.07. The second-order valence-corrected chi connectivity index (χ2v) is 4.61. The summed E-state index contributed by atoms with van der Waals surface area (Å²) in [5.41, 5.74) is 2.94. The van der Waals surface area contributed by atoms with Gasteiger partial charge in [0, 0.05) is 6.54 Å². The van der Waals surface area contributed by atoms with E-state index in [1.54, 1.807) is 5.56 Å². The molecule has 0 aliphatic heterocycles. The molecule has 1 aromatic rings. The van der Waals surface area contributed by atoms with Gasteiger partial charge in [0.25, 0.3) is 0 Å². The van der Waals surface area contributed by atoms with Gasteiger partial charge < -0.3 is 5.32 Å². The second kappa shape index (κ2) is 6.93. The fraction of sp³-hybridized carbons (Fsp3) is 0.571. The Kier molecular flexibility index (Phi) is 5.86. The van der Waals surface area contributed by atoms with Gasteiger partial charge in [0.15, 0.2) is 0 Å².